The van der Waals surface area contributed by atoms with Crippen LogP contribution in [0, 0.1) is 12.8 Å². The van der Waals surface area contributed by atoms with Crippen LogP contribution in [0.15, 0.2) is 24.3 Å². The maximum absolute atomic E-state index is 12.3. The minimum Gasteiger partial charge on any atom is -0.481 e. The van der Waals surface area contributed by atoms with E-state index in [0.717, 1.165) is 5.56 Å². The van der Waals surface area contributed by atoms with Gasteiger partial charge in [-0.1, -0.05) is 31.5 Å². The zero-order valence-corrected chi connectivity index (χ0v) is 14.5. The molecule has 24 heavy (non-hydrogen) atoms. The summed E-state index contributed by atoms with van der Waals surface area (Å²) in [4.78, 5) is 35.0. The molecule has 3 N–H and O–H groups in total. The first-order valence-corrected chi connectivity index (χ1v) is 8.18. The summed E-state index contributed by atoms with van der Waals surface area (Å²) in [5.74, 6) is -1.43. The number of carbonyl (C=O) groups excluding carboxylic acids is 2. The van der Waals surface area contributed by atoms with Gasteiger partial charge < -0.3 is 15.7 Å². The van der Waals surface area contributed by atoms with E-state index in [1.807, 2.05) is 26.8 Å². The van der Waals surface area contributed by atoms with E-state index in [4.69, 9.17) is 5.11 Å². The summed E-state index contributed by atoms with van der Waals surface area (Å²) in [5.41, 5.74) is 1.50. The van der Waals surface area contributed by atoms with Crippen LogP contribution in [0.5, 0.6) is 0 Å². The van der Waals surface area contributed by atoms with Gasteiger partial charge in [0.05, 0.1) is 0 Å². The van der Waals surface area contributed by atoms with E-state index in [0.29, 0.717) is 24.9 Å². The first-order valence-electron chi connectivity index (χ1n) is 8.18. The van der Waals surface area contributed by atoms with Crippen molar-refractivity contribution in [3.05, 3.63) is 35.4 Å². The first kappa shape index (κ1) is 19.7. The average molecular weight is 334 g/mol. The van der Waals surface area contributed by atoms with Crippen LogP contribution in [-0.2, 0) is 9.59 Å². The van der Waals surface area contributed by atoms with Crippen LogP contribution >= 0.6 is 0 Å². The quantitative estimate of drug-likeness (QED) is 0.603. The normalized spacial score (nSPS) is 11.8. The molecule has 2 amide bonds. The second kappa shape index (κ2) is 9.70. The number of rotatable bonds is 9. The van der Waals surface area contributed by atoms with Gasteiger partial charge in [-0.25, -0.2) is 0 Å². The van der Waals surface area contributed by atoms with Crippen molar-refractivity contribution in [1.82, 2.24) is 10.6 Å². The van der Waals surface area contributed by atoms with Crippen LogP contribution in [-0.4, -0.2) is 35.5 Å². The van der Waals surface area contributed by atoms with Crippen molar-refractivity contribution >= 4 is 17.8 Å². The van der Waals surface area contributed by atoms with Gasteiger partial charge in [0.25, 0.3) is 5.91 Å². The van der Waals surface area contributed by atoms with Crippen molar-refractivity contribution in [1.29, 1.82) is 0 Å². The summed E-state index contributed by atoms with van der Waals surface area (Å²) >= 11 is 0. The fourth-order valence-corrected chi connectivity index (χ4v) is 2.27. The summed E-state index contributed by atoms with van der Waals surface area (Å²) in [6.45, 7) is 6.03. The highest BCUT2D eigenvalue weighted by atomic mass is 16.4. The number of carboxylic acid groups (broad SMARTS) is 1. The van der Waals surface area contributed by atoms with E-state index >= 15 is 0 Å². The highest BCUT2D eigenvalue weighted by Crippen LogP contribution is 2.07. The van der Waals surface area contributed by atoms with E-state index in [2.05, 4.69) is 10.6 Å². The monoisotopic (exact) mass is 334 g/mol. The third-order valence-electron chi connectivity index (χ3n) is 3.63. The second-order valence-electron chi connectivity index (χ2n) is 6.21. The number of unbranched alkanes of at least 4 members (excludes halogenated alkanes) is 1. The SMILES string of the molecule is Cc1cccc(C(=O)NC(C(=O)NCCCCC(=O)O)C(C)C)c1. The number of amides is 2. The molecule has 1 unspecified atom stereocenters. The highest BCUT2D eigenvalue weighted by molar-refractivity contribution is 5.97. The molecule has 6 heteroatoms. The van der Waals surface area contributed by atoms with Crippen LogP contribution < -0.4 is 10.6 Å². The van der Waals surface area contributed by atoms with E-state index in [9.17, 15) is 14.4 Å². The lowest BCUT2D eigenvalue weighted by Crippen LogP contribution is -2.49. The van der Waals surface area contributed by atoms with Crippen LogP contribution in [0.25, 0.3) is 0 Å². The van der Waals surface area contributed by atoms with Crippen molar-refractivity contribution in [2.45, 2.75) is 46.1 Å². The van der Waals surface area contributed by atoms with Crippen molar-refractivity contribution in [3.8, 4) is 0 Å². The molecule has 0 saturated carbocycles. The molecule has 6 nitrogen and oxygen atoms in total. The third-order valence-corrected chi connectivity index (χ3v) is 3.63. The minimum absolute atomic E-state index is 0.0576. The molecule has 0 aliphatic rings. The van der Waals surface area contributed by atoms with Crippen LogP contribution in [0.3, 0.4) is 0 Å². The van der Waals surface area contributed by atoms with E-state index in [-0.39, 0.29) is 24.2 Å². The summed E-state index contributed by atoms with van der Waals surface area (Å²) in [7, 11) is 0. The van der Waals surface area contributed by atoms with Gasteiger partial charge in [0.2, 0.25) is 5.91 Å². The van der Waals surface area contributed by atoms with Crippen LogP contribution in [0.2, 0.25) is 0 Å². The molecule has 0 aliphatic carbocycles. The zero-order valence-electron chi connectivity index (χ0n) is 14.5. The van der Waals surface area contributed by atoms with Gasteiger partial charge in [-0.3, -0.25) is 14.4 Å². The Morgan fingerprint density at radius 1 is 1.17 bits per heavy atom. The molecule has 0 bridgehead atoms. The number of aryl methyl sites for hydroxylation is 1. The average Bonchev–Trinajstić information content (AvgIpc) is 2.51. The summed E-state index contributed by atoms with van der Waals surface area (Å²) in [5, 5.41) is 14.1. The van der Waals surface area contributed by atoms with Gasteiger partial charge in [-0.2, -0.15) is 0 Å². The van der Waals surface area contributed by atoms with Gasteiger partial charge in [-0.05, 0) is 37.8 Å². The minimum atomic E-state index is -0.841. The highest BCUT2D eigenvalue weighted by Gasteiger charge is 2.24. The van der Waals surface area contributed by atoms with E-state index in [1.54, 1.807) is 18.2 Å². The fraction of sp³-hybridized carbons (Fsp3) is 0.500. The number of aliphatic carboxylic acids is 1. The van der Waals surface area contributed by atoms with Crippen molar-refractivity contribution < 1.29 is 19.5 Å². The molecule has 0 heterocycles. The van der Waals surface area contributed by atoms with Crippen LogP contribution in [0.1, 0.15) is 49.0 Å². The van der Waals surface area contributed by atoms with Crippen molar-refractivity contribution in [3.63, 3.8) is 0 Å². The maximum Gasteiger partial charge on any atom is 0.303 e. The largest absolute Gasteiger partial charge is 0.481 e. The Balaban J connectivity index is 2.55. The predicted molar refractivity (Wildman–Crippen MR) is 91.8 cm³/mol. The Morgan fingerprint density at radius 3 is 2.46 bits per heavy atom. The van der Waals surface area contributed by atoms with Crippen molar-refractivity contribution in [2.24, 2.45) is 5.92 Å². The molecule has 132 valence electrons. The van der Waals surface area contributed by atoms with Gasteiger partial charge in [0.1, 0.15) is 6.04 Å². The molecule has 0 saturated heterocycles. The van der Waals surface area contributed by atoms with Crippen LogP contribution in [0.4, 0.5) is 0 Å². The summed E-state index contributed by atoms with van der Waals surface area (Å²) in [6, 6.07) is 6.56. The molecule has 1 rings (SSSR count). The third kappa shape index (κ3) is 6.81. The number of nitrogens with one attached hydrogen (secondary N) is 2. The van der Waals surface area contributed by atoms with E-state index < -0.39 is 12.0 Å². The van der Waals surface area contributed by atoms with Gasteiger partial charge in [0.15, 0.2) is 0 Å². The second-order valence-corrected chi connectivity index (χ2v) is 6.21. The fourth-order valence-electron chi connectivity index (χ4n) is 2.27. The van der Waals surface area contributed by atoms with Gasteiger partial charge in [-0.15, -0.1) is 0 Å². The predicted octanol–water partition coefficient (Wildman–Crippen LogP) is 2.12. The molecular formula is C18H26N2O4. The topological polar surface area (TPSA) is 95.5 Å². The number of hydrogen-bond donors (Lipinski definition) is 3. The Hall–Kier alpha value is -2.37. The smallest absolute Gasteiger partial charge is 0.303 e. The standard InChI is InChI=1S/C18H26N2O4/c1-12(2)16(18(24)19-10-5-4-9-15(21)22)20-17(23)14-8-6-7-13(3)11-14/h6-8,11-12,16H,4-5,9-10H2,1-3H3,(H,19,24)(H,20,23)(H,21,22). The molecule has 0 radical (unpaired) electrons. The number of hydrogen-bond acceptors (Lipinski definition) is 3. The zero-order chi connectivity index (χ0) is 18.1. The van der Waals surface area contributed by atoms with Gasteiger partial charge >= 0.3 is 5.97 Å². The van der Waals surface area contributed by atoms with Crippen molar-refractivity contribution in [2.75, 3.05) is 6.54 Å². The van der Waals surface area contributed by atoms with E-state index in [1.165, 1.54) is 0 Å². The Kier molecular flexibility index (Phi) is 7.95. The van der Waals surface area contributed by atoms with Gasteiger partial charge in [0, 0.05) is 18.5 Å². The Bertz CT molecular complexity index is 584. The summed E-state index contributed by atoms with van der Waals surface area (Å²) < 4.78 is 0. The molecular weight excluding hydrogens is 308 g/mol. The molecule has 1 aromatic carbocycles. The number of carboxylic acids is 1. The molecule has 1 aromatic rings. The molecule has 0 aromatic heterocycles. The lowest BCUT2D eigenvalue weighted by molar-refractivity contribution is -0.137. The lowest BCUT2D eigenvalue weighted by Gasteiger charge is -2.22. The molecule has 1 atom stereocenters. The molecule has 0 spiro atoms. The summed E-state index contributed by atoms with van der Waals surface area (Å²) in [6.07, 6.45) is 1.19. The Labute approximate surface area is 142 Å². The Morgan fingerprint density at radius 2 is 1.88 bits per heavy atom. The number of benzene rings is 1. The molecule has 0 aliphatic heterocycles. The number of carbonyl (C=O) groups is 3. The lowest BCUT2D eigenvalue weighted by atomic mass is 10.0. The maximum atomic E-state index is 12.3. The first-order chi connectivity index (χ1) is 11.3. The molecule has 0 fully saturated rings.